The number of likely N-dealkylation sites (tertiary alicyclic amines) is 2. The van der Waals surface area contributed by atoms with Crippen LogP contribution in [0.2, 0.25) is 0 Å². The van der Waals surface area contributed by atoms with Crippen LogP contribution in [-0.2, 0) is 23.2 Å². The lowest BCUT2D eigenvalue weighted by Crippen LogP contribution is -2.48. The fraction of sp³-hybridized carbons (Fsp3) is 0.579. The SMILES string of the molecule is CCn1nc(Cc2ccc(C(C)(C)C)cc2)cc1C1CCN(C[C@H]2CN([C@@H](C(=O)O)C(C)(C)C)C[C@@H]2c2cccc(F)c2)CC1. The summed E-state index contributed by atoms with van der Waals surface area (Å²) in [7, 11) is 0. The van der Waals surface area contributed by atoms with Crippen LogP contribution in [-0.4, -0.2) is 69.4 Å². The van der Waals surface area contributed by atoms with Gasteiger partial charge >= 0.3 is 5.97 Å². The highest BCUT2D eigenvalue weighted by Gasteiger charge is 2.44. The molecule has 3 atom stereocenters. The van der Waals surface area contributed by atoms with E-state index in [-0.39, 0.29) is 23.1 Å². The van der Waals surface area contributed by atoms with Crippen LogP contribution in [0.15, 0.2) is 54.6 Å². The number of piperidine rings is 1. The van der Waals surface area contributed by atoms with Crippen LogP contribution < -0.4 is 0 Å². The summed E-state index contributed by atoms with van der Waals surface area (Å²) < 4.78 is 16.5. The number of aromatic nitrogens is 2. The van der Waals surface area contributed by atoms with Gasteiger partial charge < -0.3 is 10.0 Å². The molecule has 0 saturated carbocycles. The minimum Gasteiger partial charge on any atom is -0.480 e. The average molecular weight is 617 g/mol. The maximum absolute atomic E-state index is 14.3. The molecule has 2 aliphatic heterocycles. The van der Waals surface area contributed by atoms with Gasteiger partial charge in [0.2, 0.25) is 0 Å². The van der Waals surface area contributed by atoms with E-state index >= 15 is 0 Å². The Kier molecular flexibility index (Phi) is 9.90. The minimum atomic E-state index is -0.782. The van der Waals surface area contributed by atoms with Gasteiger partial charge in [-0.25, -0.2) is 4.39 Å². The average Bonchev–Trinajstić information content (AvgIpc) is 3.56. The zero-order chi connectivity index (χ0) is 32.5. The molecule has 45 heavy (non-hydrogen) atoms. The second-order valence-corrected chi connectivity index (χ2v) is 15.6. The number of aryl methyl sites for hydroxylation is 1. The zero-order valence-electron chi connectivity index (χ0n) is 28.4. The van der Waals surface area contributed by atoms with Crippen molar-refractivity contribution >= 4 is 5.97 Å². The first-order chi connectivity index (χ1) is 21.2. The number of hydrogen-bond donors (Lipinski definition) is 1. The predicted molar refractivity (Wildman–Crippen MR) is 179 cm³/mol. The summed E-state index contributed by atoms with van der Waals surface area (Å²) in [6.07, 6.45) is 2.99. The molecule has 1 aromatic heterocycles. The molecule has 5 rings (SSSR count). The van der Waals surface area contributed by atoms with Crippen LogP contribution in [0, 0.1) is 17.2 Å². The second kappa shape index (κ2) is 13.4. The van der Waals surface area contributed by atoms with Crippen LogP contribution in [0.4, 0.5) is 4.39 Å². The molecule has 1 N–H and O–H groups in total. The first-order valence-corrected chi connectivity index (χ1v) is 16.8. The number of rotatable bonds is 9. The van der Waals surface area contributed by atoms with Crippen molar-refractivity contribution in [2.24, 2.45) is 11.3 Å². The lowest BCUT2D eigenvalue weighted by molar-refractivity contribution is -0.147. The highest BCUT2D eigenvalue weighted by Crippen LogP contribution is 2.39. The Morgan fingerprint density at radius 2 is 1.69 bits per heavy atom. The largest absolute Gasteiger partial charge is 0.480 e. The molecule has 0 aliphatic carbocycles. The molecule has 3 heterocycles. The van der Waals surface area contributed by atoms with Crippen molar-refractivity contribution in [3.8, 4) is 0 Å². The second-order valence-electron chi connectivity index (χ2n) is 15.6. The number of hydrogen-bond acceptors (Lipinski definition) is 4. The monoisotopic (exact) mass is 616 g/mol. The van der Waals surface area contributed by atoms with Crippen molar-refractivity contribution in [2.45, 2.75) is 97.6 Å². The molecule has 0 bridgehead atoms. The number of carboxylic acid groups (broad SMARTS) is 1. The maximum Gasteiger partial charge on any atom is 0.321 e. The van der Waals surface area contributed by atoms with E-state index in [4.69, 9.17) is 5.10 Å². The Bertz CT molecular complexity index is 1440. The van der Waals surface area contributed by atoms with Crippen LogP contribution >= 0.6 is 0 Å². The van der Waals surface area contributed by atoms with Gasteiger partial charge in [0.05, 0.1) is 5.69 Å². The zero-order valence-corrected chi connectivity index (χ0v) is 28.4. The topological polar surface area (TPSA) is 61.6 Å². The molecule has 7 heteroatoms. The molecule has 2 aromatic carbocycles. The summed E-state index contributed by atoms with van der Waals surface area (Å²) >= 11 is 0. The third-order valence-electron chi connectivity index (χ3n) is 10.0. The van der Waals surface area contributed by atoms with Gasteiger partial charge in [0, 0.05) is 50.1 Å². The smallest absolute Gasteiger partial charge is 0.321 e. The van der Waals surface area contributed by atoms with Crippen LogP contribution in [0.25, 0.3) is 0 Å². The Labute approximate surface area is 269 Å². The number of aliphatic carboxylic acids is 1. The summed E-state index contributed by atoms with van der Waals surface area (Å²) in [5, 5.41) is 15.2. The van der Waals surface area contributed by atoms with Crippen LogP contribution in [0.5, 0.6) is 0 Å². The molecular formula is C38H53FN4O2. The van der Waals surface area contributed by atoms with Crippen molar-refractivity contribution in [2.75, 3.05) is 32.7 Å². The standard InChI is InChI=1S/C38H53FN4O2/c1-8-43-34(22-32(40-43)20-26-12-14-30(15-13-26)37(2,3)4)27-16-18-41(19-17-27)23-29-24-42(35(36(44)45)38(5,6)7)25-33(29)28-10-9-11-31(39)21-28/h9-15,21-22,27,29,33,35H,8,16-20,23-25H2,1-7H3,(H,44,45)/t29-,33+,35-/m0/s1. The number of halogens is 1. The van der Waals surface area contributed by atoms with Crippen molar-refractivity contribution < 1.29 is 14.3 Å². The Balaban J connectivity index is 1.25. The van der Waals surface area contributed by atoms with E-state index in [2.05, 4.69) is 72.5 Å². The van der Waals surface area contributed by atoms with E-state index in [1.165, 1.54) is 22.9 Å². The van der Waals surface area contributed by atoms with Gasteiger partial charge in [-0.2, -0.15) is 5.10 Å². The molecule has 0 radical (unpaired) electrons. The van der Waals surface area contributed by atoms with E-state index in [1.807, 2.05) is 26.8 Å². The number of nitrogens with zero attached hydrogens (tertiary/aromatic N) is 4. The van der Waals surface area contributed by atoms with Gasteiger partial charge in [-0.15, -0.1) is 0 Å². The Hall–Kier alpha value is -3.03. The van der Waals surface area contributed by atoms with E-state index in [0.717, 1.165) is 56.7 Å². The van der Waals surface area contributed by atoms with Gasteiger partial charge in [0.15, 0.2) is 0 Å². The number of carbonyl (C=O) groups is 1. The number of benzene rings is 2. The molecule has 0 unspecified atom stereocenters. The molecule has 2 aliphatic rings. The molecule has 0 spiro atoms. The maximum atomic E-state index is 14.3. The molecule has 2 fully saturated rings. The van der Waals surface area contributed by atoms with Gasteiger partial charge in [-0.1, -0.05) is 77.9 Å². The lowest BCUT2D eigenvalue weighted by atomic mass is 9.85. The third kappa shape index (κ3) is 7.86. The normalized spacial score (nSPS) is 21.3. The summed E-state index contributed by atoms with van der Waals surface area (Å²) in [5.41, 5.74) is 5.84. The van der Waals surface area contributed by atoms with Gasteiger partial charge in [-0.05, 0) is 84.5 Å². The van der Waals surface area contributed by atoms with Crippen molar-refractivity contribution in [1.29, 1.82) is 0 Å². The quantitative estimate of drug-likeness (QED) is 0.273. The first-order valence-electron chi connectivity index (χ1n) is 16.8. The van der Waals surface area contributed by atoms with E-state index in [9.17, 15) is 14.3 Å². The predicted octanol–water partition coefficient (Wildman–Crippen LogP) is 7.32. The highest BCUT2D eigenvalue weighted by atomic mass is 19.1. The molecule has 6 nitrogen and oxygen atoms in total. The third-order valence-corrected chi connectivity index (χ3v) is 10.0. The fourth-order valence-corrected chi connectivity index (χ4v) is 7.72. The van der Waals surface area contributed by atoms with E-state index < -0.39 is 17.4 Å². The Morgan fingerprint density at radius 3 is 2.27 bits per heavy atom. The molecule has 244 valence electrons. The van der Waals surface area contributed by atoms with Gasteiger partial charge in [0.25, 0.3) is 0 Å². The summed E-state index contributed by atoms with van der Waals surface area (Å²) in [6, 6.07) is 17.6. The summed E-state index contributed by atoms with van der Waals surface area (Å²) in [4.78, 5) is 17.1. The first kappa shape index (κ1) is 33.3. The van der Waals surface area contributed by atoms with E-state index in [1.54, 1.807) is 12.1 Å². The number of carboxylic acids is 1. The van der Waals surface area contributed by atoms with Gasteiger partial charge in [0.1, 0.15) is 11.9 Å². The van der Waals surface area contributed by atoms with Crippen LogP contribution in [0.1, 0.15) is 101 Å². The molecule has 2 saturated heterocycles. The summed E-state index contributed by atoms with van der Waals surface area (Å²) in [5.74, 6) is -0.197. The molecule has 0 amide bonds. The highest BCUT2D eigenvalue weighted by molar-refractivity contribution is 5.74. The van der Waals surface area contributed by atoms with Crippen molar-refractivity contribution in [3.05, 3.63) is 88.5 Å². The molecule has 3 aromatic rings. The molecular weight excluding hydrogens is 563 g/mol. The van der Waals surface area contributed by atoms with Gasteiger partial charge in [-0.3, -0.25) is 14.4 Å². The Morgan fingerprint density at radius 1 is 1.00 bits per heavy atom. The van der Waals surface area contributed by atoms with Crippen molar-refractivity contribution in [1.82, 2.24) is 19.6 Å². The summed E-state index contributed by atoms with van der Waals surface area (Å²) in [6.45, 7) is 20.0. The minimum absolute atomic E-state index is 0.101. The van der Waals surface area contributed by atoms with E-state index in [0.29, 0.717) is 19.0 Å². The lowest BCUT2D eigenvalue weighted by Gasteiger charge is -2.36. The van der Waals surface area contributed by atoms with Crippen LogP contribution in [0.3, 0.4) is 0 Å². The van der Waals surface area contributed by atoms with Crippen molar-refractivity contribution in [3.63, 3.8) is 0 Å². The fourth-order valence-electron chi connectivity index (χ4n) is 7.72.